The van der Waals surface area contributed by atoms with Gasteiger partial charge in [-0.3, -0.25) is 0 Å². The van der Waals surface area contributed by atoms with Crippen molar-refractivity contribution in [2.24, 2.45) is 11.3 Å². The standard InChI is InChI=1S/C13H21ClO2/c1-9(14)12(15)16-11-7-5-10(6-8-11)13(2,3)4/h10-11H,1,5-8H2,2-4H3. The SMILES string of the molecule is C=C(Cl)C(=O)OC1CCC(C(C)(C)C)CC1. The monoisotopic (exact) mass is 244 g/mol. The Balaban J connectivity index is 2.38. The minimum atomic E-state index is -0.471. The molecule has 1 saturated carbocycles. The van der Waals surface area contributed by atoms with Gasteiger partial charge in [-0.25, -0.2) is 4.79 Å². The third kappa shape index (κ3) is 3.82. The largest absolute Gasteiger partial charge is 0.458 e. The van der Waals surface area contributed by atoms with Gasteiger partial charge in [-0.15, -0.1) is 0 Å². The van der Waals surface area contributed by atoms with Gasteiger partial charge >= 0.3 is 5.97 Å². The zero-order valence-corrected chi connectivity index (χ0v) is 11.1. The lowest BCUT2D eigenvalue weighted by Gasteiger charge is -2.36. The molecule has 1 rings (SSSR count). The number of hydrogen-bond acceptors (Lipinski definition) is 2. The van der Waals surface area contributed by atoms with Crippen LogP contribution in [-0.2, 0) is 9.53 Å². The van der Waals surface area contributed by atoms with Crippen LogP contribution in [0, 0.1) is 11.3 Å². The fourth-order valence-electron chi connectivity index (χ4n) is 2.26. The molecule has 2 nitrogen and oxygen atoms in total. The zero-order chi connectivity index (χ0) is 12.3. The normalized spacial score (nSPS) is 26.2. The van der Waals surface area contributed by atoms with Crippen molar-refractivity contribution in [3.05, 3.63) is 11.6 Å². The number of hydrogen-bond donors (Lipinski definition) is 0. The Labute approximate surface area is 103 Å². The maximum Gasteiger partial charge on any atom is 0.349 e. The van der Waals surface area contributed by atoms with Crippen LogP contribution >= 0.6 is 11.6 Å². The van der Waals surface area contributed by atoms with Crippen LogP contribution in [0.3, 0.4) is 0 Å². The summed E-state index contributed by atoms with van der Waals surface area (Å²) in [4.78, 5) is 11.2. The molecule has 0 radical (unpaired) electrons. The van der Waals surface area contributed by atoms with Gasteiger partial charge in [0.25, 0.3) is 0 Å². The highest BCUT2D eigenvalue weighted by atomic mass is 35.5. The second-order valence-electron chi connectivity index (χ2n) is 5.65. The van der Waals surface area contributed by atoms with Gasteiger partial charge in [-0.2, -0.15) is 0 Å². The summed E-state index contributed by atoms with van der Waals surface area (Å²) in [5, 5.41) is -0.0297. The maximum atomic E-state index is 11.2. The molecule has 0 aliphatic heterocycles. The quantitative estimate of drug-likeness (QED) is 0.544. The average molecular weight is 245 g/mol. The lowest BCUT2D eigenvalue weighted by Crippen LogP contribution is -2.30. The number of rotatable bonds is 2. The van der Waals surface area contributed by atoms with Gasteiger partial charge < -0.3 is 4.74 Å². The minimum Gasteiger partial charge on any atom is -0.458 e. The van der Waals surface area contributed by atoms with E-state index in [2.05, 4.69) is 27.4 Å². The van der Waals surface area contributed by atoms with E-state index in [1.165, 1.54) is 0 Å². The van der Waals surface area contributed by atoms with E-state index in [9.17, 15) is 4.79 Å². The Hall–Kier alpha value is -0.500. The maximum absolute atomic E-state index is 11.2. The van der Waals surface area contributed by atoms with Crippen molar-refractivity contribution in [2.45, 2.75) is 52.6 Å². The highest BCUT2D eigenvalue weighted by molar-refractivity contribution is 6.40. The fraction of sp³-hybridized carbons (Fsp3) is 0.769. The van der Waals surface area contributed by atoms with Crippen LogP contribution in [0.1, 0.15) is 46.5 Å². The first kappa shape index (κ1) is 13.6. The van der Waals surface area contributed by atoms with E-state index in [1.54, 1.807) is 0 Å². The smallest absolute Gasteiger partial charge is 0.349 e. The Morgan fingerprint density at radius 1 is 1.25 bits per heavy atom. The second kappa shape index (κ2) is 5.22. The molecule has 92 valence electrons. The molecule has 0 N–H and O–H groups in total. The molecular weight excluding hydrogens is 224 g/mol. The first-order valence-electron chi connectivity index (χ1n) is 5.86. The minimum absolute atomic E-state index is 0.0293. The molecule has 0 saturated heterocycles. The molecule has 1 aliphatic carbocycles. The van der Waals surface area contributed by atoms with Crippen LogP contribution in [0.15, 0.2) is 11.6 Å². The van der Waals surface area contributed by atoms with Gasteiger partial charge in [0.15, 0.2) is 0 Å². The first-order valence-corrected chi connectivity index (χ1v) is 6.24. The summed E-state index contributed by atoms with van der Waals surface area (Å²) in [6.45, 7) is 10.2. The molecule has 3 heteroatoms. The van der Waals surface area contributed by atoms with E-state index in [4.69, 9.17) is 16.3 Å². The van der Waals surface area contributed by atoms with E-state index in [1.807, 2.05) is 0 Å². The Bertz CT molecular complexity index is 270. The fourth-order valence-corrected chi connectivity index (χ4v) is 2.31. The molecule has 0 aromatic rings. The molecule has 1 aliphatic rings. The van der Waals surface area contributed by atoms with Crippen LogP contribution in [0.2, 0.25) is 0 Å². The van der Waals surface area contributed by atoms with Crippen LogP contribution < -0.4 is 0 Å². The summed E-state index contributed by atoms with van der Waals surface area (Å²) in [6.07, 6.45) is 4.16. The number of carbonyl (C=O) groups excluding carboxylic acids is 1. The third-order valence-corrected chi connectivity index (χ3v) is 3.55. The molecule has 0 amide bonds. The molecular formula is C13H21ClO2. The lowest BCUT2D eigenvalue weighted by atomic mass is 9.72. The Morgan fingerprint density at radius 2 is 1.75 bits per heavy atom. The number of esters is 1. The first-order chi connectivity index (χ1) is 7.30. The summed E-state index contributed by atoms with van der Waals surface area (Å²) in [6, 6.07) is 0. The topological polar surface area (TPSA) is 26.3 Å². The third-order valence-electron chi connectivity index (χ3n) is 3.39. The Morgan fingerprint density at radius 3 is 2.12 bits per heavy atom. The van der Waals surface area contributed by atoms with Gasteiger partial charge in [-0.05, 0) is 37.0 Å². The van der Waals surface area contributed by atoms with Gasteiger partial charge in [0.1, 0.15) is 11.1 Å². The van der Waals surface area contributed by atoms with Gasteiger partial charge in [-0.1, -0.05) is 39.0 Å². The second-order valence-corrected chi connectivity index (χ2v) is 6.11. The molecule has 0 bridgehead atoms. The molecule has 16 heavy (non-hydrogen) atoms. The predicted molar refractivity (Wildman–Crippen MR) is 66.3 cm³/mol. The summed E-state index contributed by atoms with van der Waals surface area (Å²) in [7, 11) is 0. The summed E-state index contributed by atoms with van der Waals surface area (Å²) >= 11 is 5.48. The van der Waals surface area contributed by atoms with Crippen molar-refractivity contribution in [3.63, 3.8) is 0 Å². The summed E-state index contributed by atoms with van der Waals surface area (Å²) in [5.74, 6) is 0.252. The van der Waals surface area contributed by atoms with Crippen molar-refractivity contribution in [3.8, 4) is 0 Å². The van der Waals surface area contributed by atoms with E-state index < -0.39 is 5.97 Å². The van der Waals surface area contributed by atoms with Crippen molar-refractivity contribution in [1.82, 2.24) is 0 Å². The van der Waals surface area contributed by atoms with Crippen molar-refractivity contribution in [1.29, 1.82) is 0 Å². The van der Waals surface area contributed by atoms with Gasteiger partial charge in [0, 0.05) is 0 Å². The van der Waals surface area contributed by atoms with Gasteiger partial charge in [0.05, 0.1) is 0 Å². The zero-order valence-electron chi connectivity index (χ0n) is 10.4. The lowest BCUT2D eigenvalue weighted by molar-refractivity contribution is -0.145. The Kier molecular flexibility index (Phi) is 4.43. The summed E-state index contributed by atoms with van der Waals surface area (Å²) in [5.41, 5.74) is 0.352. The molecule has 0 spiro atoms. The highest BCUT2D eigenvalue weighted by Gasteiger charge is 2.31. The van der Waals surface area contributed by atoms with Crippen LogP contribution in [0.25, 0.3) is 0 Å². The van der Waals surface area contributed by atoms with Crippen molar-refractivity contribution in [2.75, 3.05) is 0 Å². The molecule has 1 fully saturated rings. The average Bonchev–Trinajstić information content (AvgIpc) is 2.17. The van der Waals surface area contributed by atoms with Crippen LogP contribution in [-0.4, -0.2) is 12.1 Å². The molecule has 0 unspecified atom stereocenters. The van der Waals surface area contributed by atoms with Crippen LogP contribution in [0.4, 0.5) is 0 Å². The number of ether oxygens (including phenoxy) is 1. The van der Waals surface area contributed by atoms with E-state index in [-0.39, 0.29) is 11.1 Å². The van der Waals surface area contributed by atoms with E-state index in [0.29, 0.717) is 5.41 Å². The molecule has 0 aromatic heterocycles. The van der Waals surface area contributed by atoms with Gasteiger partial charge in [0.2, 0.25) is 0 Å². The van der Waals surface area contributed by atoms with Crippen molar-refractivity contribution < 1.29 is 9.53 Å². The van der Waals surface area contributed by atoms with Crippen LogP contribution in [0.5, 0.6) is 0 Å². The number of halogens is 1. The predicted octanol–water partition coefficient (Wildman–Crippen LogP) is 3.89. The summed E-state index contributed by atoms with van der Waals surface area (Å²) < 4.78 is 5.24. The molecule has 0 heterocycles. The molecule has 0 aromatic carbocycles. The van der Waals surface area contributed by atoms with E-state index >= 15 is 0 Å². The molecule has 0 atom stereocenters. The van der Waals surface area contributed by atoms with E-state index in [0.717, 1.165) is 31.6 Å². The van der Waals surface area contributed by atoms with Crippen molar-refractivity contribution >= 4 is 17.6 Å². The highest BCUT2D eigenvalue weighted by Crippen LogP contribution is 2.38. The number of carbonyl (C=O) groups is 1.